The van der Waals surface area contributed by atoms with Gasteiger partial charge in [-0.05, 0) is 29.8 Å². The number of hydrogen-bond donors (Lipinski definition) is 2. The highest BCUT2D eigenvalue weighted by Gasteiger charge is 2.21. The Morgan fingerprint density at radius 3 is 2.36 bits per heavy atom. The molecule has 0 spiro atoms. The lowest BCUT2D eigenvalue weighted by molar-refractivity contribution is -0.139. The zero-order chi connectivity index (χ0) is 15.9. The fraction of sp³-hybridized carbons (Fsp3) is 0.125. The van der Waals surface area contributed by atoms with Gasteiger partial charge in [0.25, 0.3) is 5.91 Å². The van der Waals surface area contributed by atoms with Crippen LogP contribution in [0, 0.1) is 11.3 Å². The molecule has 0 bridgehead atoms. The molecule has 0 aliphatic carbocycles. The number of nitrogens with one attached hydrogen (secondary N) is 1. The van der Waals surface area contributed by atoms with Crippen molar-refractivity contribution in [3.8, 4) is 6.07 Å². The predicted octanol–water partition coefficient (Wildman–Crippen LogP) is 1.38. The molecule has 0 unspecified atom stereocenters. The first-order chi connectivity index (χ1) is 10.6. The number of carbonyl (C=O) groups is 2. The lowest BCUT2D eigenvalue weighted by Gasteiger charge is -2.14. The van der Waals surface area contributed by atoms with Crippen LogP contribution in [-0.4, -0.2) is 28.0 Å². The number of hydrogen-bond acceptors (Lipinski definition) is 4. The number of aliphatic carboxylic acids is 1. The lowest BCUT2D eigenvalue weighted by Crippen LogP contribution is -2.42. The Morgan fingerprint density at radius 2 is 1.82 bits per heavy atom. The summed E-state index contributed by atoms with van der Waals surface area (Å²) in [6.07, 6.45) is 3.06. The van der Waals surface area contributed by atoms with E-state index < -0.39 is 17.9 Å². The number of carboxylic acids is 1. The van der Waals surface area contributed by atoms with Crippen molar-refractivity contribution in [3.63, 3.8) is 0 Å². The van der Waals surface area contributed by atoms with Gasteiger partial charge in [0.2, 0.25) is 0 Å². The smallest absolute Gasteiger partial charge is 0.326 e. The number of pyridine rings is 1. The number of rotatable bonds is 5. The number of carbonyl (C=O) groups excluding carboxylic acids is 1. The van der Waals surface area contributed by atoms with E-state index in [0.29, 0.717) is 11.1 Å². The maximum Gasteiger partial charge on any atom is 0.326 e. The summed E-state index contributed by atoms with van der Waals surface area (Å²) in [5.74, 6) is -1.59. The van der Waals surface area contributed by atoms with E-state index >= 15 is 0 Å². The number of nitrogens with zero attached hydrogens (tertiary/aromatic N) is 2. The molecule has 0 radical (unpaired) electrons. The minimum Gasteiger partial charge on any atom is -0.480 e. The Balaban J connectivity index is 2.08. The molecule has 1 aromatic heterocycles. The standard InChI is InChI=1S/C16H13N3O3/c17-10-12-3-1-11(2-4-12)9-14(16(21)22)19-15(20)13-5-7-18-8-6-13/h1-8,14H,9H2,(H,19,20)(H,21,22)/t14-/m0/s1. The molecule has 1 amide bonds. The Labute approximate surface area is 127 Å². The van der Waals surface area contributed by atoms with Gasteiger partial charge >= 0.3 is 5.97 Å². The number of benzene rings is 1. The van der Waals surface area contributed by atoms with Crippen LogP contribution in [0.1, 0.15) is 21.5 Å². The molecule has 2 N–H and O–H groups in total. The molecule has 1 aromatic carbocycles. The molecule has 0 saturated heterocycles. The van der Waals surface area contributed by atoms with E-state index in [9.17, 15) is 14.7 Å². The Morgan fingerprint density at radius 1 is 1.18 bits per heavy atom. The van der Waals surface area contributed by atoms with Gasteiger partial charge in [0, 0.05) is 24.4 Å². The first-order valence-corrected chi connectivity index (χ1v) is 6.53. The molecular formula is C16H13N3O3. The average molecular weight is 295 g/mol. The molecule has 0 fully saturated rings. The van der Waals surface area contributed by atoms with Crippen molar-refractivity contribution in [3.05, 3.63) is 65.5 Å². The molecule has 1 heterocycles. The zero-order valence-electron chi connectivity index (χ0n) is 11.6. The van der Waals surface area contributed by atoms with E-state index in [1.807, 2.05) is 6.07 Å². The summed E-state index contributed by atoms with van der Waals surface area (Å²) in [6, 6.07) is 10.5. The van der Waals surface area contributed by atoms with Gasteiger partial charge in [0.1, 0.15) is 6.04 Å². The van der Waals surface area contributed by atoms with Crippen LogP contribution in [0.3, 0.4) is 0 Å². The number of nitriles is 1. The first-order valence-electron chi connectivity index (χ1n) is 6.53. The lowest BCUT2D eigenvalue weighted by atomic mass is 10.0. The van der Waals surface area contributed by atoms with E-state index in [4.69, 9.17) is 5.26 Å². The molecular weight excluding hydrogens is 282 g/mol. The average Bonchev–Trinajstić information content (AvgIpc) is 2.55. The van der Waals surface area contributed by atoms with Gasteiger partial charge in [-0.3, -0.25) is 9.78 Å². The van der Waals surface area contributed by atoms with Gasteiger partial charge in [0.15, 0.2) is 0 Å². The molecule has 0 aliphatic rings. The van der Waals surface area contributed by atoms with Crippen molar-refractivity contribution in [2.75, 3.05) is 0 Å². The molecule has 0 aliphatic heterocycles. The van der Waals surface area contributed by atoms with Crippen LogP contribution in [0.2, 0.25) is 0 Å². The minimum absolute atomic E-state index is 0.137. The van der Waals surface area contributed by atoms with Crippen molar-refractivity contribution >= 4 is 11.9 Å². The van der Waals surface area contributed by atoms with Crippen molar-refractivity contribution < 1.29 is 14.7 Å². The predicted molar refractivity (Wildman–Crippen MR) is 78.0 cm³/mol. The van der Waals surface area contributed by atoms with Gasteiger partial charge in [-0.25, -0.2) is 4.79 Å². The summed E-state index contributed by atoms with van der Waals surface area (Å²) in [7, 11) is 0. The van der Waals surface area contributed by atoms with E-state index in [0.717, 1.165) is 5.56 Å². The first kappa shape index (κ1) is 15.2. The summed E-state index contributed by atoms with van der Waals surface area (Å²) in [5.41, 5.74) is 1.57. The third kappa shape index (κ3) is 3.90. The largest absolute Gasteiger partial charge is 0.480 e. The molecule has 6 heteroatoms. The van der Waals surface area contributed by atoms with Crippen LogP contribution < -0.4 is 5.32 Å². The summed E-state index contributed by atoms with van der Waals surface area (Å²) in [6.45, 7) is 0. The molecule has 1 atom stereocenters. The quantitative estimate of drug-likeness (QED) is 0.867. The summed E-state index contributed by atoms with van der Waals surface area (Å²) in [4.78, 5) is 27.1. The Hall–Kier alpha value is -3.20. The molecule has 0 saturated carbocycles. The monoisotopic (exact) mass is 295 g/mol. The Bertz CT molecular complexity index is 706. The fourth-order valence-electron chi connectivity index (χ4n) is 1.90. The SMILES string of the molecule is N#Cc1ccc(C[C@H](NC(=O)c2ccncc2)C(=O)O)cc1. The molecule has 110 valence electrons. The second-order valence-electron chi connectivity index (χ2n) is 4.61. The second-order valence-corrected chi connectivity index (χ2v) is 4.61. The van der Waals surface area contributed by atoms with E-state index in [-0.39, 0.29) is 6.42 Å². The molecule has 2 rings (SSSR count). The highest BCUT2D eigenvalue weighted by Crippen LogP contribution is 2.07. The van der Waals surface area contributed by atoms with Crippen LogP contribution in [0.25, 0.3) is 0 Å². The summed E-state index contributed by atoms with van der Waals surface area (Å²) >= 11 is 0. The normalized spacial score (nSPS) is 11.2. The van der Waals surface area contributed by atoms with Gasteiger partial charge in [-0.1, -0.05) is 12.1 Å². The van der Waals surface area contributed by atoms with E-state index in [2.05, 4.69) is 10.3 Å². The van der Waals surface area contributed by atoms with Crippen molar-refractivity contribution in [1.82, 2.24) is 10.3 Å². The third-order valence-electron chi connectivity index (χ3n) is 3.07. The Kier molecular flexibility index (Phi) is 4.83. The van der Waals surface area contributed by atoms with Gasteiger partial charge < -0.3 is 10.4 Å². The van der Waals surface area contributed by atoms with Gasteiger partial charge in [-0.15, -0.1) is 0 Å². The van der Waals surface area contributed by atoms with Gasteiger partial charge in [0.05, 0.1) is 11.6 Å². The number of carboxylic acid groups (broad SMARTS) is 1. The number of aromatic nitrogens is 1. The van der Waals surface area contributed by atoms with Crippen molar-refractivity contribution in [2.45, 2.75) is 12.5 Å². The summed E-state index contributed by atoms with van der Waals surface area (Å²) < 4.78 is 0. The number of amides is 1. The van der Waals surface area contributed by atoms with Crippen LogP contribution in [0.5, 0.6) is 0 Å². The van der Waals surface area contributed by atoms with Crippen molar-refractivity contribution in [2.24, 2.45) is 0 Å². The molecule has 6 nitrogen and oxygen atoms in total. The van der Waals surface area contributed by atoms with Gasteiger partial charge in [-0.2, -0.15) is 5.26 Å². The van der Waals surface area contributed by atoms with Crippen LogP contribution in [0.15, 0.2) is 48.8 Å². The van der Waals surface area contributed by atoms with E-state index in [1.165, 1.54) is 24.5 Å². The van der Waals surface area contributed by atoms with Crippen LogP contribution in [-0.2, 0) is 11.2 Å². The third-order valence-corrected chi connectivity index (χ3v) is 3.07. The topological polar surface area (TPSA) is 103 Å². The van der Waals surface area contributed by atoms with E-state index in [1.54, 1.807) is 24.3 Å². The zero-order valence-corrected chi connectivity index (χ0v) is 11.6. The molecule has 22 heavy (non-hydrogen) atoms. The fourth-order valence-corrected chi connectivity index (χ4v) is 1.90. The second kappa shape index (κ2) is 6.99. The molecule has 2 aromatic rings. The highest BCUT2D eigenvalue weighted by molar-refractivity contribution is 5.96. The maximum absolute atomic E-state index is 12.0. The minimum atomic E-state index is -1.12. The summed E-state index contributed by atoms with van der Waals surface area (Å²) in [5, 5.41) is 20.5. The highest BCUT2D eigenvalue weighted by atomic mass is 16.4. The maximum atomic E-state index is 12.0. The van der Waals surface area contributed by atoms with Crippen LogP contribution >= 0.6 is 0 Å². The van der Waals surface area contributed by atoms with Crippen molar-refractivity contribution in [1.29, 1.82) is 5.26 Å². The van der Waals surface area contributed by atoms with Crippen LogP contribution in [0.4, 0.5) is 0 Å².